The quantitative estimate of drug-likeness (QED) is 0.0334. The van der Waals surface area contributed by atoms with Crippen LogP contribution in [0.25, 0.3) is 0 Å². The first kappa shape index (κ1) is 52.0. The number of amides is 4. The number of carbonyl (C=O) groups is 6. The van der Waals surface area contributed by atoms with E-state index in [0.29, 0.717) is 46.1 Å². The number of anilines is 2. The molecule has 0 radical (unpaired) electrons. The molecule has 69 heavy (non-hydrogen) atoms. The van der Waals surface area contributed by atoms with Crippen molar-refractivity contribution in [3.63, 3.8) is 0 Å². The fraction of sp³-hybridized carbons (Fsp3) is 0.277. The van der Waals surface area contributed by atoms with E-state index >= 15 is 0 Å². The minimum absolute atomic E-state index is 0.131. The molecule has 0 aliphatic carbocycles. The van der Waals surface area contributed by atoms with Gasteiger partial charge in [-0.3, -0.25) is 19.2 Å². The number of nitrogens with zero attached hydrogens (tertiary/aromatic N) is 4. The summed E-state index contributed by atoms with van der Waals surface area (Å²) in [7, 11) is 1.21. The van der Waals surface area contributed by atoms with Gasteiger partial charge in [-0.1, -0.05) is 36.4 Å². The maximum absolute atomic E-state index is 12.8. The highest BCUT2D eigenvalue weighted by Gasteiger charge is 2.26. The van der Waals surface area contributed by atoms with Crippen molar-refractivity contribution >= 4 is 70.1 Å². The van der Waals surface area contributed by atoms with Crippen molar-refractivity contribution in [3.8, 4) is 11.5 Å². The molecular formula is C47H52N10O10S2. The highest BCUT2D eigenvalue weighted by molar-refractivity contribution is 7.12. The van der Waals surface area contributed by atoms with Crippen LogP contribution in [0.2, 0.25) is 0 Å². The predicted molar refractivity (Wildman–Crippen MR) is 259 cm³/mol. The summed E-state index contributed by atoms with van der Waals surface area (Å²) in [6.07, 6.45) is 5.84. The van der Waals surface area contributed by atoms with E-state index in [9.17, 15) is 44.1 Å². The summed E-state index contributed by atoms with van der Waals surface area (Å²) in [5, 5.41) is 48.3. The van der Waals surface area contributed by atoms with E-state index in [-0.39, 0.29) is 41.6 Å². The monoisotopic (exact) mass is 980 g/mol. The van der Waals surface area contributed by atoms with E-state index < -0.39 is 41.7 Å². The first-order chi connectivity index (χ1) is 33.2. The number of hydrogen-bond acceptors (Lipinski definition) is 17. The van der Waals surface area contributed by atoms with Gasteiger partial charge in [-0.05, 0) is 97.8 Å². The van der Waals surface area contributed by atoms with E-state index in [0.717, 1.165) is 36.8 Å². The van der Waals surface area contributed by atoms with Crippen LogP contribution in [-0.2, 0) is 27.2 Å². The van der Waals surface area contributed by atoms with Crippen molar-refractivity contribution in [3.05, 3.63) is 139 Å². The molecule has 0 aliphatic rings. The Labute approximate surface area is 405 Å². The van der Waals surface area contributed by atoms with Gasteiger partial charge in [0.05, 0.1) is 39.4 Å². The molecule has 0 saturated carbocycles. The average molecular weight is 981 g/mol. The van der Waals surface area contributed by atoms with Crippen LogP contribution in [0.3, 0.4) is 0 Å². The predicted octanol–water partition coefficient (Wildman–Crippen LogP) is 4.51. The Morgan fingerprint density at radius 3 is 1.46 bits per heavy atom. The number of benzene rings is 2. The number of carboxylic acid groups (broad SMARTS) is 1. The molecule has 9 N–H and O–H groups in total. The van der Waals surface area contributed by atoms with Crippen molar-refractivity contribution in [2.24, 2.45) is 0 Å². The minimum atomic E-state index is -1.31. The normalized spacial score (nSPS) is 11.4. The molecule has 22 heteroatoms. The van der Waals surface area contributed by atoms with Crippen molar-refractivity contribution in [1.29, 1.82) is 0 Å². The Morgan fingerprint density at radius 2 is 1.07 bits per heavy atom. The number of phenols is 2. The number of aryl methyl sites for hydroxylation is 4. The van der Waals surface area contributed by atoms with E-state index in [1.807, 2.05) is 12.1 Å². The van der Waals surface area contributed by atoms with Crippen LogP contribution in [0.15, 0.2) is 96.0 Å². The lowest BCUT2D eigenvalue weighted by molar-refractivity contribution is -0.142. The summed E-state index contributed by atoms with van der Waals surface area (Å²) in [6.45, 7) is 4.09. The van der Waals surface area contributed by atoms with Crippen LogP contribution in [0, 0.1) is 13.8 Å². The lowest BCUT2D eigenvalue weighted by Crippen LogP contribution is -2.49. The zero-order chi connectivity index (χ0) is 49.7. The zero-order valence-corrected chi connectivity index (χ0v) is 39.5. The fourth-order valence-electron chi connectivity index (χ4n) is 6.35. The van der Waals surface area contributed by atoms with Crippen molar-refractivity contribution in [2.45, 2.75) is 51.6 Å². The molecule has 4 heterocycles. The summed E-state index contributed by atoms with van der Waals surface area (Å²) in [5.74, 6) is -2.72. The van der Waals surface area contributed by atoms with Crippen LogP contribution < -0.4 is 31.9 Å². The number of ether oxygens (including phenoxy) is 1. The Morgan fingerprint density at radius 1 is 0.623 bits per heavy atom. The SMILES string of the molecule is COC(=O)[C@H](CNC(=O)c1cccs1)NC(=O)c1cnc(NCCCc2cccc(O)c2)nc1C.Cc1nc(NCCCc2cccc(O)c2)ncc1C(=O)N[C@@H](CNC(=O)c1cccs1)C(=O)O. The van der Waals surface area contributed by atoms with E-state index in [1.54, 1.807) is 85.3 Å². The fourth-order valence-corrected chi connectivity index (χ4v) is 7.63. The number of rotatable bonds is 22. The van der Waals surface area contributed by atoms with Gasteiger partial charge in [0.25, 0.3) is 23.6 Å². The lowest BCUT2D eigenvalue weighted by atomic mass is 10.1. The summed E-state index contributed by atoms with van der Waals surface area (Å²) in [4.78, 5) is 91.2. The van der Waals surface area contributed by atoms with Gasteiger partial charge in [0.1, 0.15) is 23.6 Å². The number of hydrogen-bond donors (Lipinski definition) is 9. The third-order valence-electron chi connectivity index (χ3n) is 9.94. The van der Waals surface area contributed by atoms with Gasteiger partial charge in [0, 0.05) is 38.6 Å². The Balaban J connectivity index is 0.000000258. The van der Waals surface area contributed by atoms with Crippen LogP contribution >= 0.6 is 22.7 Å². The Bertz CT molecular complexity index is 2690. The molecule has 4 amide bonds. The highest BCUT2D eigenvalue weighted by atomic mass is 32.1. The summed E-state index contributed by atoms with van der Waals surface area (Å²) in [5.41, 5.74) is 3.21. The smallest absolute Gasteiger partial charge is 0.330 e. The van der Waals surface area contributed by atoms with Gasteiger partial charge in [-0.25, -0.2) is 29.5 Å². The molecule has 6 aromatic rings. The second kappa shape index (κ2) is 26.4. The largest absolute Gasteiger partial charge is 0.508 e. The number of carboxylic acids is 1. The van der Waals surface area contributed by atoms with Gasteiger partial charge in [0.15, 0.2) is 0 Å². The number of nitrogens with one attached hydrogen (secondary N) is 6. The molecule has 20 nitrogen and oxygen atoms in total. The third kappa shape index (κ3) is 16.7. The third-order valence-corrected chi connectivity index (χ3v) is 11.7. The maximum Gasteiger partial charge on any atom is 0.330 e. The number of methoxy groups -OCH3 is 1. The molecule has 2 aromatic carbocycles. The topological polar surface area (TPSA) is 296 Å². The number of aliphatic carboxylic acids is 1. The van der Waals surface area contributed by atoms with Gasteiger partial charge in [-0.2, -0.15) is 0 Å². The van der Waals surface area contributed by atoms with E-state index in [4.69, 9.17) is 4.74 Å². The molecule has 0 bridgehead atoms. The van der Waals surface area contributed by atoms with Gasteiger partial charge in [0.2, 0.25) is 11.9 Å². The Kier molecular flexibility index (Phi) is 19.9. The molecule has 0 spiro atoms. The lowest BCUT2D eigenvalue weighted by Gasteiger charge is -2.17. The van der Waals surface area contributed by atoms with Crippen LogP contribution in [-0.4, -0.2) is 116 Å². The maximum atomic E-state index is 12.8. The molecule has 0 unspecified atom stereocenters. The molecule has 2 atom stereocenters. The van der Waals surface area contributed by atoms with Crippen LogP contribution in [0.1, 0.15) is 75.4 Å². The molecule has 0 aliphatic heterocycles. The minimum Gasteiger partial charge on any atom is -0.508 e. The number of esters is 1. The number of thiophene rings is 2. The summed E-state index contributed by atoms with van der Waals surface area (Å²) < 4.78 is 4.76. The van der Waals surface area contributed by atoms with Crippen molar-refractivity contribution in [1.82, 2.24) is 41.2 Å². The summed E-state index contributed by atoms with van der Waals surface area (Å²) in [6, 6.07) is 18.5. The molecule has 0 fully saturated rings. The van der Waals surface area contributed by atoms with Crippen molar-refractivity contribution in [2.75, 3.05) is 43.9 Å². The zero-order valence-electron chi connectivity index (χ0n) is 37.9. The number of aromatic hydroxyl groups is 2. The average Bonchev–Trinajstić information content (AvgIpc) is 4.09. The number of carbonyl (C=O) groups excluding carboxylic acids is 5. The molecular weight excluding hydrogens is 929 g/mol. The van der Waals surface area contributed by atoms with Gasteiger partial charge in [-0.15, -0.1) is 22.7 Å². The van der Waals surface area contributed by atoms with Crippen LogP contribution in [0.5, 0.6) is 11.5 Å². The number of aromatic nitrogens is 4. The van der Waals surface area contributed by atoms with Gasteiger partial charge >= 0.3 is 11.9 Å². The number of phenolic OH excluding ortho intramolecular Hbond substituents is 2. The standard InChI is InChI=1S/C24H27N5O5S.C23H25N5O5S/c1-15-18(13-27-24(28-15)25-10-4-7-16-6-3-8-17(30)12-16)21(31)29-19(23(33)34-2)14-26-22(32)20-9-5-11-35-20;1-14-17(12-26-23(27-14)24-9-3-6-15-5-2-7-16(29)11-15)20(30)28-18(22(32)33)13-25-21(31)19-8-4-10-34-19/h3,5-6,8-9,11-13,19,30H,4,7,10,14H2,1-2H3,(H,26,32)(H,29,31)(H,25,27,28);2,4-5,7-8,10-12,18,29H,3,6,9,13H2,1H3,(H,25,31)(H,28,30)(H,32,33)(H,24,26,27)/t19-;18-/m00/s1. The first-order valence-corrected chi connectivity index (χ1v) is 23.2. The molecule has 0 saturated heterocycles. The first-order valence-electron chi connectivity index (χ1n) is 21.5. The second-order valence-electron chi connectivity index (χ2n) is 15.1. The molecule has 362 valence electrons. The van der Waals surface area contributed by atoms with E-state index in [2.05, 4.69) is 51.8 Å². The van der Waals surface area contributed by atoms with Crippen molar-refractivity contribution < 1.29 is 48.8 Å². The molecule has 4 aromatic heterocycles. The summed E-state index contributed by atoms with van der Waals surface area (Å²) >= 11 is 2.50. The molecule has 6 rings (SSSR count). The van der Waals surface area contributed by atoms with E-state index in [1.165, 1.54) is 42.2 Å². The highest BCUT2D eigenvalue weighted by Crippen LogP contribution is 2.15. The Hall–Kier alpha value is -7.98. The van der Waals surface area contributed by atoms with Crippen LogP contribution in [0.4, 0.5) is 11.9 Å². The second-order valence-corrected chi connectivity index (χ2v) is 17.0. The van der Waals surface area contributed by atoms with Gasteiger partial charge < -0.3 is 52.0 Å².